The molecule has 0 bridgehead atoms. The van der Waals surface area contributed by atoms with Gasteiger partial charge in [-0.3, -0.25) is 0 Å². The van der Waals surface area contributed by atoms with E-state index in [1.54, 1.807) is 0 Å². The zero-order chi connectivity index (χ0) is 12.8. The number of rotatable bonds is 5. The van der Waals surface area contributed by atoms with Crippen molar-refractivity contribution in [1.29, 1.82) is 0 Å². The lowest BCUT2D eigenvalue weighted by Crippen LogP contribution is -2.14. The second-order valence-corrected chi connectivity index (χ2v) is 4.37. The summed E-state index contributed by atoms with van der Waals surface area (Å²) in [6.07, 6.45) is 4.40. The molecule has 2 aromatic rings. The first-order valence-electron chi connectivity index (χ1n) is 5.77. The van der Waals surface area contributed by atoms with Gasteiger partial charge in [0.25, 0.3) is 0 Å². The molecule has 0 fully saturated rings. The minimum atomic E-state index is 0.563. The van der Waals surface area contributed by atoms with Crippen molar-refractivity contribution in [2.24, 2.45) is 5.73 Å². The number of nitrogens with zero attached hydrogens (tertiary/aromatic N) is 2. The summed E-state index contributed by atoms with van der Waals surface area (Å²) < 4.78 is 0. The molecule has 0 unspecified atom stereocenters. The van der Waals surface area contributed by atoms with Crippen LogP contribution in [0.1, 0.15) is 11.1 Å². The van der Waals surface area contributed by atoms with E-state index in [1.165, 1.54) is 0 Å². The molecule has 1 heterocycles. The molecule has 1 aromatic heterocycles. The largest absolute Gasteiger partial charge is 0.353 e. The lowest BCUT2D eigenvalue weighted by Gasteiger charge is -2.04. The van der Waals surface area contributed by atoms with Crippen LogP contribution in [0.4, 0.5) is 5.95 Å². The van der Waals surface area contributed by atoms with Crippen LogP contribution in [0.2, 0.25) is 5.02 Å². The van der Waals surface area contributed by atoms with E-state index in [4.69, 9.17) is 17.3 Å². The van der Waals surface area contributed by atoms with E-state index in [-0.39, 0.29) is 0 Å². The zero-order valence-corrected chi connectivity index (χ0v) is 10.7. The Bertz CT molecular complexity index is 499. The van der Waals surface area contributed by atoms with Crippen LogP contribution < -0.4 is 11.1 Å². The van der Waals surface area contributed by atoms with Gasteiger partial charge in [-0.25, -0.2) is 9.97 Å². The Hall–Kier alpha value is -1.65. The molecule has 3 N–H and O–H groups in total. The quantitative estimate of drug-likeness (QED) is 0.866. The third-order valence-electron chi connectivity index (χ3n) is 2.43. The molecule has 0 saturated heterocycles. The highest BCUT2D eigenvalue weighted by Crippen LogP contribution is 2.14. The van der Waals surface area contributed by atoms with Crippen molar-refractivity contribution in [1.82, 2.24) is 9.97 Å². The van der Waals surface area contributed by atoms with Gasteiger partial charge >= 0.3 is 0 Å². The first kappa shape index (κ1) is 12.8. The SMILES string of the molecule is NCCNc1ncc(Cc2cccc(Cl)c2)cn1. The van der Waals surface area contributed by atoms with Crippen molar-refractivity contribution in [2.75, 3.05) is 18.4 Å². The van der Waals surface area contributed by atoms with Crippen LogP contribution in [0.15, 0.2) is 36.7 Å². The molecule has 0 spiro atoms. The molecule has 0 aliphatic heterocycles. The van der Waals surface area contributed by atoms with Crippen LogP contribution >= 0.6 is 11.6 Å². The number of hydrogen-bond donors (Lipinski definition) is 2. The molecule has 5 heteroatoms. The average molecular weight is 263 g/mol. The number of halogens is 1. The van der Waals surface area contributed by atoms with Crippen LogP contribution in [0.5, 0.6) is 0 Å². The summed E-state index contributed by atoms with van der Waals surface area (Å²) in [6, 6.07) is 7.78. The fourth-order valence-electron chi connectivity index (χ4n) is 1.60. The van der Waals surface area contributed by atoms with Gasteiger partial charge in [0.15, 0.2) is 0 Å². The second-order valence-electron chi connectivity index (χ2n) is 3.94. The van der Waals surface area contributed by atoms with Gasteiger partial charge in [0.2, 0.25) is 5.95 Å². The lowest BCUT2D eigenvalue weighted by molar-refractivity contribution is 0.978. The molecule has 0 atom stereocenters. The summed E-state index contributed by atoms with van der Waals surface area (Å²) in [4.78, 5) is 8.45. The number of nitrogens with two attached hydrogens (primary N) is 1. The second kappa shape index (κ2) is 6.33. The summed E-state index contributed by atoms with van der Waals surface area (Å²) in [6.45, 7) is 1.24. The first-order chi connectivity index (χ1) is 8.78. The highest BCUT2D eigenvalue weighted by Gasteiger charge is 2.00. The molecular weight excluding hydrogens is 248 g/mol. The zero-order valence-electron chi connectivity index (χ0n) is 9.94. The molecular formula is C13H15ClN4. The standard InChI is InChI=1S/C13H15ClN4/c14-12-3-1-2-10(7-12)6-11-8-17-13(18-9-11)16-5-4-15/h1-3,7-9H,4-6,15H2,(H,16,17,18). The third kappa shape index (κ3) is 3.68. The van der Waals surface area contributed by atoms with Crippen LogP contribution in [-0.4, -0.2) is 23.1 Å². The van der Waals surface area contributed by atoms with Crippen LogP contribution in [0.25, 0.3) is 0 Å². The van der Waals surface area contributed by atoms with Crippen molar-refractivity contribution < 1.29 is 0 Å². The predicted octanol–water partition coefficient (Wildman–Crippen LogP) is 2.09. The fraction of sp³-hybridized carbons (Fsp3) is 0.231. The minimum Gasteiger partial charge on any atom is -0.353 e. The van der Waals surface area contributed by atoms with E-state index in [0.29, 0.717) is 19.0 Å². The molecule has 0 saturated carbocycles. The molecule has 94 valence electrons. The minimum absolute atomic E-state index is 0.563. The van der Waals surface area contributed by atoms with Crippen LogP contribution in [-0.2, 0) is 6.42 Å². The Kier molecular flexibility index (Phi) is 4.50. The third-order valence-corrected chi connectivity index (χ3v) is 2.67. The first-order valence-corrected chi connectivity index (χ1v) is 6.15. The Morgan fingerprint density at radius 1 is 1.17 bits per heavy atom. The average Bonchev–Trinajstić information content (AvgIpc) is 2.38. The van der Waals surface area contributed by atoms with Gasteiger partial charge in [0.05, 0.1) is 0 Å². The van der Waals surface area contributed by atoms with Gasteiger partial charge in [-0.2, -0.15) is 0 Å². The Morgan fingerprint density at radius 2 is 1.94 bits per heavy atom. The van der Waals surface area contributed by atoms with Crippen molar-refractivity contribution in [3.8, 4) is 0 Å². The Balaban J connectivity index is 2.02. The summed E-state index contributed by atoms with van der Waals surface area (Å²) in [7, 11) is 0. The van der Waals surface area contributed by atoms with E-state index in [9.17, 15) is 0 Å². The number of benzene rings is 1. The number of nitrogens with one attached hydrogen (secondary N) is 1. The Labute approximate surface area is 111 Å². The molecule has 0 amide bonds. The smallest absolute Gasteiger partial charge is 0.222 e. The van der Waals surface area contributed by atoms with Gasteiger partial charge in [0.1, 0.15) is 0 Å². The molecule has 2 rings (SSSR count). The normalized spacial score (nSPS) is 10.3. The summed E-state index contributed by atoms with van der Waals surface area (Å²) >= 11 is 5.94. The van der Waals surface area contributed by atoms with Crippen molar-refractivity contribution >= 4 is 17.5 Å². The van der Waals surface area contributed by atoms with Crippen LogP contribution in [0, 0.1) is 0 Å². The predicted molar refractivity (Wildman–Crippen MR) is 73.8 cm³/mol. The van der Waals surface area contributed by atoms with Crippen molar-refractivity contribution in [3.05, 3.63) is 52.8 Å². The molecule has 4 nitrogen and oxygen atoms in total. The maximum Gasteiger partial charge on any atom is 0.222 e. The van der Waals surface area contributed by atoms with Gasteiger partial charge in [-0.1, -0.05) is 23.7 Å². The molecule has 0 radical (unpaired) electrons. The lowest BCUT2D eigenvalue weighted by atomic mass is 10.1. The Morgan fingerprint density at radius 3 is 2.61 bits per heavy atom. The van der Waals surface area contributed by atoms with Gasteiger partial charge in [-0.15, -0.1) is 0 Å². The topological polar surface area (TPSA) is 63.8 Å². The van der Waals surface area contributed by atoms with Crippen molar-refractivity contribution in [3.63, 3.8) is 0 Å². The van der Waals surface area contributed by atoms with Gasteiger partial charge in [-0.05, 0) is 23.3 Å². The highest BCUT2D eigenvalue weighted by atomic mass is 35.5. The number of hydrogen-bond acceptors (Lipinski definition) is 4. The van der Waals surface area contributed by atoms with E-state index in [1.807, 2.05) is 36.7 Å². The molecule has 18 heavy (non-hydrogen) atoms. The fourth-order valence-corrected chi connectivity index (χ4v) is 1.82. The van der Waals surface area contributed by atoms with E-state index in [2.05, 4.69) is 15.3 Å². The number of anilines is 1. The van der Waals surface area contributed by atoms with E-state index >= 15 is 0 Å². The van der Waals surface area contributed by atoms with Gasteiger partial charge < -0.3 is 11.1 Å². The van der Waals surface area contributed by atoms with E-state index < -0.39 is 0 Å². The molecule has 1 aromatic carbocycles. The van der Waals surface area contributed by atoms with Gasteiger partial charge in [0, 0.05) is 36.9 Å². The molecule has 0 aliphatic carbocycles. The number of aromatic nitrogens is 2. The molecule has 0 aliphatic rings. The summed E-state index contributed by atoms with van der Waals surface area (Å²) in [5, 5.41) is 3.77. The maximum absolute atomic E-state index is 5.94. The van der Waals surface area contributed by atoms with E-state index in [0.717, 1.165) is 22.6 Å². The monoisotopic (exact) mass is 262 g/mol. The maximum atomic E-state index is 5.94. The summed E-state index contributed by atoms with van der Waals surface area (Å²) in [5.74, 6) is 0.607. The highest BCUT2D eigenvalue weighted by molar-refractivity contribution is 6.30. The van der Waals surface area contributed by atoms with Crippen LogP contribution in [0.3, 0.4) is 0 Å². The summed E-state index contributed by atoms with van der Waals surface area (Å²) in [5.41, 5.74) is 7.59. The van der Waals surface area contributed by atoms with Crippen molar-refractivity contribution in [2.45, 2.75) is 6.42 Å².